The van der Waals surface area contributed by atoms with Crippen LogP contribution in [-0.2, 0) is 0 Å². The molecule has 1 N–H and O–H groups in total. The molecule has 0 spiro atoms. The van der Waals surface area contributed by atoms with Crippen molar-refractivity contribution in [1.82, 2.24) is 0 Å². The molecule has 1 aliphatic carbocycles. The number of hydrogen-bond donors (Lipinski definition) is 1. The van der Waals surface area contributed by atoms with Crippen molar-refractivity contribution in [1.29, 1.82) is 0 Å². The van der Waals surface area contributed by atoms with Crippen LogP contribution in [0.25, 0.3) is 0 Å². The highest BCUT2D eigenvalue weighted by molar-refractivity contribution is 5.06. The summed E-state index contributed by atoms with van der Waals surface area (Å²) in [5.74, 6) is 6.71. The second kappa shape index (κ2) is 6.90. The summed E-state index contributed by atoms with van der Waals surface area (Å²) in [6.07, 6.45) is 8.97. The van der Waals surface area contributed by atoms with Gasteiger partial charge in [-0.15, -0.1) is 5.92 Å². The molecule has 0 aromatic rings. The van der Waals surface area contributed by atoms with Gasteiger partial charge in [0.2, 0.25) is 0 Å². The monoisotopic (exact) mass is 194 g/mol. The van der Waals surface area contributed by atoms with E-state index in [0.717, 1.165) is 19.3 Å². The summed E-state index contributed by atoms with van der Waals surface area (Å²) >= 11 is 0. The lowest BCUT2D eigenvalue weighted by Crippen LogP contribution is -2.16. The molecule has 2 atom stereocenters. The van der Waals surface area contributed by atoms with Crippen molar-refractivity contribution in [3.05, 3.63) is 0 Å². The van der Waals surface area contributed by atoms with Gasteiger partial charge in [-0.2, -0.15) is 0 Å². The van der Waals surface area contributed by atoms with Crippen LogP contribution in [-0.4, -0.2) is 11.2 Å². The number of unbranched alkanes of at least 4 members (excludes halogenated alkanes) is 2. The maximum absolute atomic E-state index is 9.80. The molecule has 0 bridgehead atoms. The molecule has 0 aromatic carbocycles. The van der Waals surface area contributed by atoms with E-state index >= 15 is 0 Å². The summed E-state index contributed by atoms with van der Waals surface area (Å²) in [6.45, 7) is 2.18. The first kappa shape index (κ1) is 11.6. The van der Waals surface area contributed by atoms with Gasteiger partial charge in [0.05, 0.1) is 6.10 Å². The van der Waals surface area contributed by atoms with E-state index in [0.29, 0.717) is 0 Å². The van der Waals surface area contributed by atoms with Crippen LogP contribution in [0.3, 0.4) is 0 Å². The Bertz CT molecular complexity index is 199. The molecule has 0 aromatic heterocycles. The molecular weight excluding hydrogens is 172 g/mol. The molecule has 1 aliphatic rings. The van der Waals surface area contributed by atoms with Crippen LogP contribution in [0.2, 0.25) is 0 Å². The van der Waals surface area contributed by atoms with Gasteiger partial charge in [0, 0.05) is 12.3 Å². The van der Waals surface area contributed by atoms with Gasteiger partial charge in [0.1, 0.15) is 0 Å². The summed E-state index contributed by atoms with van der Waals surface area (Å²) in [7, 11) is 0. The first-order valence-electron chi connectivity index (χ1n) is 6.01. The van der Waals surface area contributed by atoms with E-state index in [1.807, 2.05) is 0 Å². The molecule has 1 heteroatoms. The second-order valence-corrected chi connectivity index (χ2v) is 4.24. The van der Waals surface area contributed by atoms with Crippen LogP contribution < -0.4 is 0 Å². The summed E-state index contributed by atoms with van der Waals surface area (Å²) in [6, 6.07) is 0. The molecule has 1 fully saturated rings. The lowest BCUT2D eigenvalue weighted by molar-refractivity contribution is 0.127. The molecular formula is C13H22O. The molecule has 0 amide bonds. The zero-order valence-corrected chi connectivity index (χ0v) is 9.26. The number of hydrogen-bond acceptors (Lipinski definition) is 1. The Labute approximate surface area is 87.9 Å². The SMILES string of the molecule is CCCCC#CC1CCCCCC1O. The molecule has 80 valence electrons. The Morgan fingerprint density at radius 2 is 2.00 bits per heavy atom. The number of aliphatic hydroxyl groups excluding tert-OH is 1. The second-order valence-electron chi connectivity index (χ2n) is 4.24. The van der Waals surface area contributed by atoms with E-state index in [1.165, 1.54) is 32.1 Å². The van der Waals surface area contributed by atoms with Crippen molar-refractivity contribution < 1.29 is 5.11 Å². The fourth-order valence-corrected chi connectivity index (χ4v) is 1.92. The minimum absolute atomic E-state index is 0.161. The van der Waals surface area contributed by atoms with Crippen molar-refractivity contribution in [2.45, 2.75) is 64.4 Å². The summed E-state index contributed by atoms with van der Waals surface area (Å²) in [5, 5.41) is 9.80. The third kappa shape index (κ3) is 4.15. The van der Waals surface area contributed by atoms with Gasteiger partial charge in [0.25, 0.3) is 0 Å². The van der Waals surface area contributed by atoms with Crippen LogP contribution in [0.1, 0.15) is 58.3 Å². The predicted molar refractivity (Wildman–Crippen MR) is 59.9 cm³/mol. The zero-order chi connectivity index (χ0) is 10.2. The Hall–Kier alpha value is -0.480. The van der Waals surface area contributed by atoms with Gasteiger partial charge >= 0.3 is 0 Å². The van der Waals surface area contributed by atoms with Gasteiger partial charge in [-0.05, 0) is 19.3 Å². The van der Waals surface area contributed by atoms with Crippen LogP contribution in [0, 0.1) is 17.8 Å². The lowest BCUT2D eigenvalue weighted by Gasteiger charge is -2.13. The van der Waals surface area contributed by atoms with E-state index in [4.69, 9.17) is 0 Å². The van der Waals surface area contributed by atoms with Gasteiger partial charge in [0.15, 0.2) is 0 Å². The highest BCUT2D eigenvalue weighted by Crippen LogP contribution is 2.22. The molecule has 2 unspecified atom stereocenters. The summed E-state index contributed by atoms with van der Waals surface area (Å²) in [5.41, 5.74) is 0. The maximum atomic E-state index is 9.80. The topological polar surface area (TPSA) is 20.2 Å². The Morgan fingerprint density at radius 3 is 2.79 bits per heavy atom. The average molecular weight is 194 g/mol. The third-order valence-corrected chi connectivity index (χ3v) is 2.92. The van der Waals surface area contributed by atoms with Gasteiger partial charge in [-0.25, -0.2) is 0 Å². The van der Waals surface area contributed by atoms with E-state index in [2.05, 4.69) is 18.8 Å². The van der Waals surface area contributed by atoms with Crippen LogP contribution in [0.5, 0.6) is 0 Å². The molecule has 1 saturated carbocycles. The lowest BCUT2D eigenvalue weighted by atomic mass is 9.98. The summed E-state index contributed by atoms with van der Waals surface area (Å²) in [4.78, 5) is 0. The number of rotatable bonds is 2. The first-order chi connectivity index (χ1) is 6.84. The fraction of sp³-hybridized carbons (Fsp3) is 0.846. The normalized spacial score (nSPS) is 27.6. The maximum Gasteiger partial charge on any atom is 0.0677 e. The van der Waals surface area contributed by atoms with Crippen LogP contribution >= 0.6 is 0 Å². The van der Waals surface area contributed by atoms with Crippen molar-refractivity contribution in [3.63, 3.8) is 0 Å². The largest absolute Gasteiger partial charge is 0.392 e. The molecule has 14 heavy (non-hydrogen) atoms. The highest BCUT2D eigenvalue weighted by atomic mass is 16.3. The van der Waals surface area contributed by atoms with Crippen LogP contribution in [0.15, 0.2) is 0 Å². The molecule has 0 radical (unpaired) electrons. The molecule has 0 aliphatic heterocycles. The van der Waals surface area contributed by atoms with Crippen molar-refractivity contribution in [2.24, 2.45) is 5.92 Å². The highest BCUT2D eigenvalue weighted by Gasteiger charge is 2.18. The predicted octanol–water partition coefficient (Wildman–Crippen LogP) is 3.12. The van der Waals surface area contributed by atoms with E-state index in [-0.39, 0.29) is 12.0 Å². The fourth-order valence-electron chi connectivity index (χ4n) is 1.92. The molecule has 0 saturated heterocycles. The van der Waals surface area contributed by atoms with Crippen molar-refractivity contribution in [2.75, 3.05) is 0 Å². The molecule has 1 rings (SSSR count). The number of aliphatic hydroxyl groups is 1. The van der Waals surface area contributed by atoms with E-state index in [1.54, 1.807) is 0 Å². The van der Waals surface area contributed by atoms with Gasteiger partial charge in [-0.3, -0.25) is 0 Å². The van der Waals surface area contributed by atoms with Gasteiger partial charge in [-0.1, -0.05) is 38.5 Å². The Morgan fingerprint density at radius 1 is 1.21 bits per heavy atom. The Balaban J connectivity index is 2.34. The van der Waals surface area contributed by atoms with E-state index < -0.39 is 0 Å². The minimum Gasteiger partial charge on any atom is -0.392 e. The molecule has 1 nitrogen and oxygen atoms in total. The standard InChI is InChI=1S/C13H22O/c1-2-3-4-6-9-12-10-7-5-8-11-13(12)14/h12-14H,2-5,7-8,10-11H2,1H3. The van der Waals surface area contributed by atoms with Crippen molar-refractivity contribution in [3.8, 4) is 11.8 Å². The average Bonchev–Trinajstić information content (AvgIpc) is 2.39. The van der Waals surface area contributed by atoms with Crippen LogP contribution in [0.4, 0.5) is 0 Å². The molecule has 0 heterocycles. The minimum atomic E-state index is -0.161. The van der Waals surface area contributed by atoms with E-state index in [9.17, 15) is 5.11 Å². The smallest absolute Gasteiger partial charge is 0.0677 e. The quantitative estimate of drug-likeness (QED) is 0.407. The first-order valence-corrected chi connectivity index (χ1v) is 6.01. The zero-order valence-electron chi connectivity index (χ0n) is 9.26. The third-order valence-electron chi connectivity index (χ3n) is 2.92. The Kier molecular flexibility index (Phi) is 5.71. The van der Waals surface area contributed by atoms with Gasteiger partial charge < -0.3 is 5.11 Å². The van der Waals surface area contributed by atoms with Crippen molar-refractivity contribution >= 4 is 0 Å². The summed E-state index contributed by atoms with van der Waals surface area (Å²) < 4.78 is 0.